The Balaban J connectivity index is 2.60. The summed E-state index contributed by atoms with van der Waals surface area (Å²) in [4.78, 5) is 13.7. The summed E-state index contributed by atoms with van der Waals surface area (Å²) in [5.41, 5.74) is 0. The smallest absolute Gasteiger partial charge is 0.320 e. The Morgan fingerprint density at radius 2 is 2.10 bits per heavy atom. The predicted molar refractivity (Wildman–Crippen MR) is 82.5 cm³/mol. The molecule has 1 heterocycles. The summed E-state index contributed by atoms with van der Waals surface area (Å²) in [5.74, 6) is 0.0484. The molecule has 1 atom stereocenters. The zero-order chi connectivity index (χ0) is 16.0. The molecule has 0 spiro atoms. The topological polar surface area (TPSA) is 66.9 Å². The molecule has 21 heavy (non-hydrogen) atoms. The van der Waals surface area contributed by atoms with Crippen molar-refractivity contribution < 1.29 is 17.9 Å². The van der Waals surface area contributed by atoms with Crippen LogP contribution in [0.4, 0.5) is 0 Å². The molecule has 0 aromatic carbocycles. The highest BCUT2D eigenvalue weighted by molar-refractivity contribution is 7.88. The Hall–Kier alpha value is -0.660. The van der Waals surface area contributed by atoms with Crippen molar-refractivity contribution in [2.45, 2.75) is 39.7 Å². The zero-order valence-corrected chi connectivity index (χ0v) is 14.4. The Kier molecular flexibility index (Phi) is 7.09. The summed E-state index contributed by atoms with van der Waals surface area (Å²) < 4.78 is 29.9. The number of carbonyl (C=O) groups excluding carboxylic acids is 1. The summed E-state index contributed by atoms with van der Waals surface area (Å²) in [5, 5.41) is 0. The number of hydrogen-bond donors (Lipinski definition) is 0. The lowest BCUT2D eigenvalue weighted by atomic mass is 9.98. The van der Waals surface area contributed by atoms with Crippen molar-refractivity contribution in [2.24, 2.45) is 5.92 Å². The Bertz CT molecular complexity index is 436. The molecule has 0 radical (unpaired) electrons. The molecule has 0 saturated carbocycles. The molecule has 0 aliphatic carbocycles. The van der Waals surface area contributed by atoms with Crippen LogP contribution in [0.5, 0.6) is 0 Å². The molecule has 1 aliphatic heterocycles. The number of hydrogen-bond acceptors (Lipinski definition) is 5. The fourth-order valence-corrected chi connectivity index (χ4v) is 3.58. The van der Waals surface area contributed by atoms with Gasteiger partial charge in [0.25, 0.3) is 0 Å². The van der Waals surface area contributed by atoms with E-state index >= 15 is 0 Å². The van der Waals surface area contributed by atoms with E-state index in [0.717, 1.165) is 19.4 Å². The average Bonchev–Trinajstić information content (AvgIpc) is 2.37. The first kappa shape index (κ1) is 18.4. The molecule has 0 N–H and O–H groups in total. The minimum atomic E-state index is -3.12. The predicted octanol–water partition coefficient (Wildman–Crippen LogP) is 0.932. The lowest BCUT2D eigenvalue weighted by molar-refractivity contribution is -0.145. The van der Waals surface area contributed by atoms with E-state index in [4.69, 9.17) is 4.74 Å². The Morgan fingerprint density at radius 1 is 1.43 bits per heavy atom. The lowest BCUT2D eigenvalue weighted by Crippen LogP contribution is -2.46. The maximum atomic E-state index is 11.7. The highest BCUT2D eigenvalue weighted by Crippen LogP contribution is 2.20. The van der Waals surface area contributed by atoms with Gasteiger partial charge in [0.05, 0.1) is 19.4 Å². The van der Waals surface area contributed by atoms with Gasteiger partial charge < -0.3 is 4.74 Å². The van der Waals surface area contributed by atoms with Gasteiger partial charge in [-0.05, 0) is 39.5 Å². The van der Waals surface area contributed by atoms with Crippen molar-refractivity contribution in [3.05, 3.63) is 0 Å². The molecule has 124 valence electrons. The first-order valence-electron chi connectivity index (χ1n) is 7.58. The summed E-state index contributed by atoms with van der Waals surface area (Å²) in [6.45, 7) is 8.40. The standard InChI is InChI=1S/C14H28N2O4S/c1-5-20-14(17)11-15(12(2)3)9-13-7-6-8-16(10-13)21(4,18)19/h12-13H,5-11H2,1-4H3. The normalized spacial score (nSPS) is 21.0. The van der Waals surface area contributed by atoms with Gasteiger partial charge in [0.1, 0.15) is 0 Å². The monoisotopic (exact) mass is 320 g/mol. The molecule has 0 amide bonds. The van der Waals surface area contributed by atoms with E-state index in [9.17, 15) is 13.2 Å². The molecule has 1 aliphatic rings. The van der Waals surface area contributed by atoms with Crippen molar-refractivity contribution in [1.82, 2.24) is 9.21 Å². The van der Waals surface area contributed by atoms with Crippen LogP contribution in [0.2, 0.25) is 0 Å². The number of ether oxygens (including phenoxy) is 1. The molecule has 7 heteroatoms. The fourth-order valence-electron chi connectivity index (χ4n) is 2.64. The van der Waals surface area contributed by atoms with Gasteiger partial charge in [-0.1, -0.05) is 0 Å². The van der Waals surface area contributed by atoms with Gasteiger partial charge >= 0.3 is 5.97 Å². The molecular weight excluding hydrogens is 292 g/mol. The Labute approximate surface area is 128 Å². The van der Waals surface area contributed by atoms with Gasteiger partial charge in [0.2, 0.25) is 10.0 Å². The van der Waals surface area contributed by atoms with Crippen molar-refractivity contribution in [2.75, 3.05) is 39.0 Å². The number of esters is 1. The van der Waals surface area contributed by atoms with E-state index < -0.39 is 10.0 Å². The molecule has 0 bridgehead atoms. The number of nitrogens with zero attached hydrogens (tertiary/aromatic N) is 2. The first-order valence-corrected chi connectivity index (χ1v) is 9.43. The molecule has 1 rings (SSSR count). The largest absolute Gasteiger partial charge is 0.465 e. The maximum absolute atomic E-state index is 11.7. The van der Waals surface area contributed by atoms with Crippen molar-refractivity contribution in [3.63, 3.8) is 0 Å². The number of rotatable bonds is 7. The number of piperidine rings is 1. The van der Waals surface area contributed by atoms with Crippen LogP contribution in [0.15, 0.2) is 0 Å². The lowest BCUT2D eigenvalue weighted by Gasteiger charge is -2.35. The maximum Gasteiger partial charge on any atom is 0.320 e. The van der Waals surface area contributed by atoms with Crippen molar-refractivity contribution in [3.8, 4) is 0 Å². The SMILES string of the molecule is CCOC(=O)CN(CC1CCCN(S(C)(=O)=O)C1)C(C)C. The molecule has 0 aromatic heterocycles. The molecule has 1 fully saturated rings. The van der Waals surface area contributed by atoms with Gasteiger partial charge in [-0.2, -0.15) is 0 Å². The van der Waals surface area contributed by atoms with E-state index in [-0.39, 0.29) is 24.5 Å². The summed E-state index contributed by atoms with van der Waals surface area (Å²) in [6.07, 6.45) is 3.13. The van der Waals surface area contributed by atoms with Gasteiger partial charge in [0, 0.05) is 25.7 Å². The fraction of sp³-hybridized carbons (Fsp3) is 0.929. The van der Waals surface area contributed by atoms with Crippen LogP contribution in [0, 0.1) is 5.92 Å². The third-order valence-corrected chi connectivity index (χ3v) is 5.08. The van der Waals surface area contributed by atoms with Gasteiger partial charge in [-0.3, -0.25) is 9.69 Å². The quantitative estimate of drug-likeness (QED) is 0.653. The van der Waals surface area contributed by atoms with E-state index in [1.807, 2.05) is 13.8 Å². The molecule has 6 nitrogen and oxygen atoms in total. The second-order valence-corrected chi connectivity index (χ2v) is 7.94. The molecule has 1 saturated heterocycles. The molecule has 0 aromatic rings. The molecule has 1 unspecified atom stereocenters. The number of carbonyl (C=O) groups is 1. The van der Waals surface area contributed by atoms with Gasteiger partial charge in [-0.15, -0.1) is 0 Å². The highest BCUT2D eigenvalue weighted by atomic mass is 32.2. The average molecular weight is 320 g/mol. The van der Waals surface area contributed by atoms with Crippen LogP contribution in [0.1, 0.15) is 33.6 Å². The van der Waals surface area contributed by atoms with Crippen molar-refractivity contribution in [1.29, 1.82) is 0 Å². The van der Waals surface area contributed by atoms with Crippen LogP contribution in [0.25, 0.3) is 0 Å². The minimum Gasteiger partial charge on any atom is -0.465 e. The van der Waals surface area contributed by atoms with E-state index in [1.54, 1.807) is 11.2 Å². The second-order valence-electron chi connectivity index (χ2n) is 5.96. The van der Waals surface area contributed by atoms with E-state index in [1.165, 1.54) is 6.26 Å². The first-order chi connectivity index (χ1) is 9.74. The Morgan fingerprint density at radius 3 is 2.62 bits per heavy atom. The minimum absolute atomic E-state index is 0.220. The van der Waals surface area contributed by atoms with E-state index in [0.29, 0.717) is 19.7 Å². The van der Waals surface area contributed by atoms with Gasteiger partial charge in [-0.25, -0.2) is 12.7 Å². The van der Waals surface area contributed by atoms with E-state index in [2.05, 4.69) is 4.90 Å². The van der Waals surface area contributed by atoms with Crippen LogP contribution in [-0.4, -0.2) is 68.7 Å². The van der Waals surface area contributed by atoms with Crippen LogP contribution in [-0.2, 0) is 19.6 Å². The third kappa shape index (κ3) is 6.32. The van der Waals surface area contributed by atoms with Gasteiger partial charge in [0.15, 0.2) is 0 Å². The van der Waals surface area contributed by atoms with Crippen LogP contribution >= 0.6 is 0 Å². The zero-order valence-electron chi connectivity index (χ0n) is 13.5. The van der Waals surface area contributed by atoms with Crippen LogP contribution in [0.3, 0.4) is 0 Å². The highest BCUT2D eigenvalue weighted by Gasteiger charge is 2.28. The summed E-state index contributed by atoms with van der Waals surface area (Å²) in [6, 6.07) is 0.225. The second kappa shape index (κ2) is 8.10. The van der Waals surface area contributed by atoms with Crippen molar-refractivity contribution >= 4 is 16.0 Å². The number of sulfonamides is 1. The molecular formula is C14H28N2O4S. The third-order valence-electron chi connectivity index (χ3n) is 3.81. The van der Waals surface area contributed by atoms with Crippen LogP contribution < -0.4 is 0 Å². The summed E-state index contributed by atoms with van der Waals surface area (Å²) in [7, 11) is -3.12. The summed E-state index contributed by atoms with van der Waals surface area (Å²) >= 11 is 0.